The average molecular weight is 596 g/mol. The fraction of sp³-hybridized carbons (Fsp3) is 0.345. The van der Waals surface area contributed by atoms with Crippen LogP contribution >= 0.6 is 22.9 Å². The third kappa shape index (κ3) is 5.70. The minimum Gasteiger partial charge on any atom is -0.459 e. The number of nitro groups is 1. The van der Waals surface area contributed by atoms with Gasteiger partial charge in [-0.25, -0.2) is 9.79 Å². The first-order chi connectivity index (χ1) is 19.5. The van der Waals surface area contributed by atoms with E-state index in [1.165, 1.54) is 16.7 Å². The predicted molar refractivity (Wildman–Crippen MR) is 159 cm³/mol. The van der Waals surface area contributed by atoms with Crippen LogP contribution in [0.5, 0.6) is 0 Å². The molecule has 0 N–H and O–H groups in total. The zero-order chi connectivity index (χ0) is 29.4. The van der Waals surface area contributed by atoms with Gasteiger partial charge in [-0.15, -0.1) is 0 Å². The molecule has 0 saturated carbocycles. The highest BCUT2D eigenvalue weighted by atomic mass is 35.5. The van der Waals surface area contributed by atoms with E-state index in [2.05, 4.69) is 21.8 Å². The first-order valence-electron chi connectivity index (χ1n) is 13.2. The Morgan fingerprint density at radius 2 is 1.90 bits per heavy atom. The van der Waals surface area contributed by atoms with Crippen molar-refractivity contribution in [2.24, 2.45) is 4.99 Å². The van der Waals surface area contributed by atoms with Gasteiger partial charge in [-0.3, -0.25) is 19.5 Å². The van der Waals surface area contributed by atoms with E-state index in [4.69, 9.17) is 16.3 Å². The van der Waals surface area contributed by atoms with Crippen molar-refractivity contribution in [1.82, 2.24) is 9.47 Å². The van der Waals surface area contributed by atoms with Crippen molar-refractivity contribution >= 4 is 46.4 Å². The number of esters is 1. The number of likely N-dealkylation sites (N-methyl/N-ethyl adjacent to an activating group) is 1. The van der Waals surface area contributed by atoms with E-state index >= 15 is 0 Å². The standard InChI is InChI=1S/C29H30ClN5O5S/c1-17(2)40-28(37)25-18(3)31-29-34(26(25)21-7-5-6-8-22(21)30)27(36)24(41-29)16-19-15-20(35(38)39)9-10-23(19)33-13-11-32(4)12-14-33/h5-10,15-17,26H,11-14H2,1-4H3. The Morgan fingerprint density at radius 1 is 1.20 bits per heavy atom. The van der Waals surface area contributed by atoms with Gasteiger partial charge in [0.2, 0.25) is 0 Å². The Balaban J connectivity index is 1.71. The lowest BCUT2D eigenvalue weighted by molar-refractivity contribution is -0.384. The molecule has 3 heterocycles. The highest BCUT2D eigenvalue weighted by Crippen LogP contribution is 2.35. The van der Waals surface area contributed by atoms with E-state index in [1.807, 2.05) is 0 Å². The highest BCUT2D eigenvalue weighted by Gasteiger charge is 2.35. The third-order valence-electron chi connectivity index (χ3n) is 7.14. The summed E-state index contributed by atoms with van der Waals surface area (Å²) in [5, 5.41) is 12.0. The Hall–Kier alpha value is -3.80. The molecule has 41 heavy (non-hydrogen) atoms. The molecule has 2 aliphatic rings. The molecule has 0 bridgehead atoms. The molecule has 0 amide bonds. The number of carbonyl (C=O) groups is 1. The molecule has 2 aromatic carbocycles. The Bertz CT molecular complexity index is 1740. The van der Waals surface area contributed by atoms with Crippen LogP contribution in [0.1, 0.15) is 37.9 Å². The minimum atomic E-state index is -0.851. The van der Waals surface area contributed by atoms with Gasteiger partial charge in [0, 0.05) is 54.6 Å². The van der Waals surface area contributed by atoms with Gasteiger partial charge < -0.3 is 14.5 Å². The SMILES string of the molecule is CC1=C(C(=O)OC(C)C)C(c2ccccc2Cl)n2c(sc(=Cc3cc([N+](=O)[O-])ccc3N3CCN(C)CC3)c2=O)=N1. The van der Waals surface area contributed by atoms with E-state index < -0.39 is 16.9 Å². The first kappa shape index (κ1) is 28.7. The van der Waals surface area contributed by atoms with Crippen molar-refractivity contribution in [3.63, 3.8) is 0 Å². The van der Waals surface area contributed by atoms with Crippen molar-refractivity contribution in [2.75, 3.05) is 38.1 Å². The van der Waals surface area contributed by atoms with Gasteiger partial charge >= 0.3 is 5.97 Å². The second-order valence-electron chi connectivity index (χ2n) is 10.3. The number of aromatic nitrogens is 1. The number of ether oxygens (including phenoxy) is 1. The predicted octanol–water partition coefficient (Wildman–Crippen LogP) is 3.50. The Kier molecular flexibility index (Phi) is 8.12. The van der Waals surface area contributed by atoms with Gasteiger partial charge in [0.25, 0.3) is 11.2 Å². The Labute approximate surface area is 245 Å². The molecule has 0 radical (unpaired) electrons. The lowest BCUT2D eigenvalue weighted by Crippen LogP contribution is -2.44. The van der Waals surface area contributed by atoms with Crippen LogP contribution in [0.2, 0.25) is 5.02 Å². The molecule has 1 atom stereocenters. The fourth-order valence-corrected chi connectivity index (χ4v) is 6.38. The summed E-state index contributed by atoms with van der Waals surface area (Å²) in [6, 6.07) is 10.9. The molecule has 5 rings (SSSR count). The van der Waals surface area contributed by atoms with E-state index in [1.54, 1.807) is 57.2 Å². The molecule has 10 nitrogen and oxygen atoms in total. The van der Waals surface area contributed by atoms with Gasteiger partial charge in [-0.05, 0) is 51.6 Å². The summed E-state index contributed by atoms with van der Waals surface area (Å²) in [6.07, 6.45) is 1.31. The van der Waals surface area contributed by atoms with Gasteiger partial charge in [0.15, 0.2) is 4.80 Å². The summed E-state index contributed by atoms with van der Waals surface area (Å²) < 4.78 is 7.35. The second kappa shape index (κ2) is 11.6. The van der Waals surface area contributed by atoms with Crippen molar-refractivity contribution in [3.05, 3.63) is 99.7 Å². The van der Waals surface area contributed by atoms with Crippen LogP contribution in [-0.2, 0) is 9.53 Å². The van der Waals surface area contributed by atoms with Crippen LogP contribution in [-0.4, -0.2) is 59.7 Å². The number of halogens is 1. The number of benzene rings is 2. The van der Waals surface area contributed by atoms with Gasteiger partial charge in [-0.1, -0.05) is 41.1 Å². The first-order valence-corrected chi connectivity index (χ1v) is 14.4. The lowest BCUT2D eigenvalue weighted by atomic mass is 9.96. The molecule has 2 aliphatic heterocycles. The van der Waals surface area contributed by atoms with E-state index in [-0.39, 0.29) is 22.9 Å². The molecule has 0 spiro atoms. The van der Waals surface area contributed by atoms with Gasteiger partial charge in [-0.2, -0.15) is 0 Å². The average Bonchev–Trinajstić information content (AvgIpc) is 3.22. The fourth-order valence-electron chi connectivity index (χ4n) is 5.10. The molecule has 12 heteroatoms. The maximum Gasteiger partial charge on any atom is 0.338 e. The number of thiazole rings is 1. The molecule has 3 aromatic rings. The topological polar surface area (TPSA) is 110 Å². The quantitative estimate of drug-likeness (QED) is 0.244. The summed E-state index contributed by atoms with van der Waals surface area (Å²) in [4.78, 5) is 48.0. The lowest BCUT2D eigenvalue weighted by Gasteiger charge is -2.34. The number of allylic oxidation sites excluding steroid dienone is 1. The smallest absolute Gasteiger partial charge is 0.338 e. The highest BCUT2D eigenvalue weighted by molar-refractivity contribution is 7.07. The zero-order valence-electron chi connectivity index (χ0n) is 23.2. The van der Waals surface area contributed by atoms with Crippen LogP contribution in [0, 0.1) is 10.1 Å². The largest absolute Gasteiger partial charge is 0.459 e. The third-order valence-corrected chi connectivity index (χ3v) is 8.46. The molecule has 1 unspecified atom stereocenters. The number of hydrogen-bond donors (Lipinski definition) is 0. The molecule has 0 aliphatic carbocycles. The summed E-state index contributed by atoms with van der Waals surface area (Å²) in [7, 11) is 2.05. The van der Waals surface area contributed by atoms with Crippen molar-refractivity contribution in [2.45, 2.75) is 32.9 Å². The normalized spacial score (nSPS) is 18.0. The van der Waals surface area contributed by atoms with Gasteiger partial charge in [0.1, 0.15) is 6.04 Å². The summed E-state index contributed by atoms with van der Waals surface area (Å²) >= 11 is 7.77. The minimum absolute atomic E-state index is 0.0644. The molecule has 1 fully saturated rings. The number of hydrogen-bond acceptors (Lipinski definition) is 9. The maximum atomic E-state index is 14.1. The second-order valence-corrected chi connectivity index (χ2v) is 11.8. The number of non-ortho nitro benzene ring substituents is 1. The number of nitro benzene ring substituents is 1. The molecule has 1 aromatic heterocycles. The molecular formula is C29H30ClN5O5S. The summed E-state index contributed by atoms with van der Waals surface area (Å²) in [5.41, 5.74) is 2.18. The van der Waals surface area contributed by atoms with Crippen LogP contribution in [0.3, 0.4) is 0 Å². The van der Waals surface area contributed by atoms with E-state index in [9.17, 15) is 19.7 Å². The van der Waals surface area contributed by atoms with Crippen LogP contribution < -0.4 is 19.8 Å². The number of carbonyl (C=O) groups excluding carboxylic acids is 1. The number of nitrogens with zero attached hydrogens (tertiary/aromatic N) is 5. The number of fused-ring (bicyclic) bond motifs is 1. The Morgan fingerprint density at radius 3 is 2.56 bits per heavy atom. The van der Waals surface area contributed by atoms with Crippen molar-refractivity contribution in [1.29, 1.82) is 0 Å². The van der Waals surface area contributed by atoms with Gasteiger partial charge in [0.05, 0.1) is 26.8 Å². The number of rotatable bonds is 6. The number of anilines is 1. The zero-order valence-corrected chi connectivity index (χ0v) is 24.7. The van der Waals surface area contributed by atoms with Crippen LogP contribution in [0.4, 0.5) is 11.4 Å². The summed E-state index contributed by atoms with van der Waals surface area (Å²) in [6.45, 7) is 8.43. The van der Waals surface area contributed by atoms with Crippen LogP contribution in [0.15, 0.2) is 63.5 Å². The maximum absolute atomic E-state index is 14.1. The number of piperazine rings is 1. The van der Waals surface area contributed by atoms with Crippen LogP contribution in [0.25, 0.3) is 6.08 Å². The molecule has 214 valence electrons. The van der Waals surface area contributed by atoms with E-state index in [0.29, 0.717) is 31.2 Å². The van der Waals surface area contributed by atoms with Crippen molar-refractivity contribution in [3.8, 4) is 0 Å². The van der Waals surface area contributed by atoms with E-state index in [0.717, 1.165) is 43.2 Å². The molecular weight excluding hydrogens is 566 g/mol. The van der Waals surface area contributed by atoms with Crippen molar-refractivity contribution < 1.29 is 14.5 Å². The monoisotopic (exact) mass is 595 g/mol. The molecule has 1 saturated heterocycles. The summed E-state index contributed by atoms with van der Waals surface area (Å²) in [5.74, 6) is -0.573.